The van der Waals surface area contributed by atoms with Crippen LogP contribution in [-0.2, 0) is 11.2 Å². The Morgan fingerprint density at radius 1 is 0.929 bits per heavy atom. The first-order valence-corrected chi connectivity index (χ1v) is 10.5. The lowest BCUT2D eigenvalue weighted by atomic mass is 10.1. The van der Waals surface area contributed by atoms with E-state index in [1.807, 2.05) is 41.4 Å². The van der Waals surface area contributed by atoms with Crippen molar-refractivity contribution in [2.24, 2.45) is 0 Å². The third-order valence-corrected chi connectivity index (χ3v) is 5.94. The summed E-state index contributed by atoms with van der Waals surface area (Å²) in [6, 6.07) is 12.1. The SMILES string of the molecule is O=C(CCc1ccnc(N2CCCC2)c1)N1CCN(c2ccc(Cl)cc2)CC1. The maximum Gasteiger partial charge on any atom is 0.223 e. The molecule has 0 bridgehead atoms. The number of rotatable bonds is 5. The summed E-state index contributed by atoms with van der Waals surface area (Å²) in [4.78, 5) is 23.8. The lowest BCUT2D eigenvalue weighted by Crippen LogP contribution is -2.48. The third kappa shape index (κ3) is 4.58. The quantitative estimate of drug-likeness (QED) is 0.771. The monoisotopic (exact) mass is 398 g/mol. The summed E-state index contributed by atoms with van der Waals surface area (Å²) < 4.78 is 0. The van der Waals surface area contributed by atoms with Gasteiger partial charge in [0, 0.05) is 62.6 Å². The van der Waals surface area contributed by atoms with E-state index in [0.29, 0.717) is 6.42 Å². The minimum Gasteiger partial charge on any atom is -0.368 e. The van der Waals surface area contributed by atoms with E-state index in [4.69, 9.17) is 11.6 Å². The van der Waals surface area contributed by atoms with Crippen LogP contribution in [0.3, 0.4) is 0 Å². The summed E-state index contributed by atoms with van der Waals surface area (Å²) in [5.74, 6) is 1.30. The molecule has 0 atom stereocenters. The molecule has 28 heavy (non-hydrogen) atoms. The van der Waals surface area contributed by atoms with Gasteiger partial charge in [-0.1, -0.05) is 11.6 Å². The zero-order valence-corrected chi connectivity index (χ0v) is 16.9. The topological polar surface area (TPSA) is 39.7 Å². The number of hydrogen-bond donors (Lipinski definition) is 0. The van der Waals surface area contributed by atoms with Crippen LogP contribution < -0.4 is 9.80 Å². The minimum absolute atomic E-state index is 0.246. The van der Waals surface area contributed by atoms with Gasteiger partial charge in [-0.2, -0.15) is 0 Å². The molecular formula is C22H27ClN4O. The van der Waals surface area contributed by atoms with Crippen molar-refractivity contribution in [2.45, 2.75) is 25.7 Å². The Morgan fingerprint density at radius 2 is 1.64 bits per heavy atom. The Labute approximate surface area is 171 Å². The van der Waals surface area contributed by atoms with E-state index < -0.39 is 0 Å². The number of benzene rings is 1. The van der Waals surface area contributed by atoms with Gasteiger partial charge in [0.15, 0.2) is 0 Å². The van der Waals surface area contributed by atoms with Crippen LogP contribution in [0.25, 0.3) is 0 Å². The van der Waals surface area contributed by atoms with Crippen molar-refractivity contribution in [3.63, 3.8) is 0 Å². The number of piperazine rings is 1. The number of hydrogen-bond acceptors (Lipinski definition) is 4. The summed E-state index contributed by atoms with van der Waals surface area (Å²) in [6.07, 6.45) is 5.70. The van der Waals surface area contributed by atoms with Gasteiger partial charge in [-0.05, 0) is 61.2 Å². The van der Waals surface area contributed by atoms with Crippen LogP contribution in [0.5, 0.6) is 0 Å². The van der Waals surface area contributed by atoms with Crippen molar-refractivity contribution in [1.29, 1.82) is 0 Å². The number of pyridine rings is 1. The van der Waals surface area contributed by atoms with Crippen LogP contribution in [0.2, 0.25) is 5.02 Å². The van der Waals surface area contributed by atoms with Crippen molar-refractivity contribution in [3.8, 4) is 0 Å². The number of carbonyl (C=O) groups excluding carboxylic acids is 1. The molecule has 0 aliphatic carbocycles. The molecule has 2 aliphatic rings. The summed E-state index contributed by atoms with van der Waals surface area (Å²) >= 11 is 5.97. The van der Waals surface area contributed by atoms with Crippen molar-refractivity contribution in [1.82, 2.24) is 9.88 Å². The summed E-state index contributed by atoms with van der Waals surface area (Å²) in [7, 11) is 0. The lowest BCUT2D eigenvalue weighted by Gasteiger charge is -2.36. The van der Waals surface area contributed by atoms with Crippen molar-refractivity contribution >= 4 is 29.0 Å². The fourth-order valence-corrected chi connectivity index (χ4v) is 4.14. The molecule has 1 amide bonds. The Hall–Kier alpha value is -2.27. The van der Waals surface area contributed by atoms with Crippen molar-refractivity contribution < 1.29 is 4.79 Å². The lowest BCUT2D eigenvalue weighted by molar-refractivity contribution is -0.131. The Kier molecular flexibility index (Phi) is 6.01. The molecule has 0 N–H and O–H groups in total. The second-order valence-corrected chi connectivity index (χ2v) is 8.00. The Bertz CT molecular complexity index is 796. The molecule has 148 valence electrons. The van der Waals surface area contributed by atoms with Gasteiger partial charge in [-0.15, -0.1) is 0 Å². The van der Waals surface area contributed by atoms with E-state index in [0.717, 1.165) is 56.5 Å². The van der Waals surface area contributed by atoms with Gasteiger partial charge in [-0.25, -0.2) is 4.98 Å². The molecule has 2 saturated heterocycles. The predicted octanol–water partition coefficient (Wildman–Crippen LogP) is 3.62. The van der Waals surface area contributed by atoms with Gasteiger partial charge in [0.05, 0.1) is 0 Å². The van der Waals surface area contributed by atoms with Crippen LogP contribution in [0.15, 0.2) is 42.6 Å². The number of carbonyl (C=O) groups is 1. The van der Waals surface area contributed by atoms with Gasteiger partial charge in [-0.3, -0.25) is 4.79 Å². The van der Waals surface area contributed by atoms with Gasteiger partial charge >= 0.3 is 0 Å². The molecule has 0 saturated carbocycles. The molecule has 0 spiro atoms. The average molecular weight is 399 g/mol. The van der Waals surface area contributed by atoms with E-state index in [1.54, 1.807) is 0 Å². The molecule has 1 aromatic heterocycles. The molecule has 1 aromatic carbocycles. The number of aryl methyl sites for hydroxylation is 1. The van der Waals surface area contributed by atoms with Crippen LogP contribution in [0.4, 0.5) is 11.5 Å². The van der Waals surface area contributed by atoms with Crippen LogP contribution in [0.1, 0.15) is 24.8 Å². The van der Waals surface area contributed by atoms with Gasteiger partial charge in [0.25, 0.3) is 0 Å². The molecule has 0 unspecified atom stereocenters. The second-order valence-electron chi connectivity index (χ2n) is 7.56. The molecule has 3 heterocycles. The van der Waals surface area contributed by atoms with E-state index >= 15 is 0 Å². The van der Waals surface area contributed by atoms with Crippen molar-refractivity contribution in [3.05, 3.63) is 53.2 Å². The Balaban J connectivity index is 1.27. The molecule has 2 aromatic rings. The van der Waals surface area contributed by atoms with E-state index in [1.165, 1.54) is 24.1 Å². The Morgan fingerprint density at radius 3 is 2.36 bits per heavy atom. The first-order chi connectivity index (χ1) is 13.7. The number of nitrogens with zero attached hydrogens (tertiary/aromatic N) is 4. The van der Waals surface area contributed by atoms with Gasteiger partial charge < -0.3 is 14.7 Å². The maximum absolute atomic E-state index is 12.7. The normalized spacial score (nSPS) is 17.2. The van der Waals surface area contributed by atoms with E-state index in [-0.39, 0.29) is 5.91 Å². The molecule has 6 heteroatoms. The molecule has 2 fully saturated rings. The molecule has 2 aliphatic heterocycles. The van der Waals surface area contributed by atoms with Gasteiger partial charge in [0.2, 0.25) is 5.91 Å². The predicted molar refractivity (Wildman–Crippen MR) is 114 cm³/mol. The molecule has 4 rings (SSSR count). The van der Waals surface area contributed by atoms with Crippen LogP contribution in [0, 0.1) is 0 Å². The van der Waals surface area contributed by atoms with Crippen LogP contribution >= 0.6 is 11.6 Å². The first kappa shape index (κ1) is 19.1. The molecular weight excluding hydrogens is 372 g/mol. The highest BCUT2D eigenvalue weighted by atomic mass is 35.5. The molecule has 0 radical (unpaired) electrons. The fourth-order valence-electron chi connectivity index (χ4n) is 4.01. The number of amides is 1. The maximum atomic E-state index is 12.7. The highest BCUT2D eigenvalue weighted by Crippen LogP contribution is 2.21. The third-order valence-electron chi connectivity index (χ3n) is 5.69. The first-order valence-electron chi connectivity index (χ1n) is 10.2. The zero-order chi connectivity index (χ0) is 19.3. The highest BCUT2D eigenvalue weighted by molar-refractivity contribution is 6.30. The zero-order valence-electron chi connectivity index (χ0n) is 16.2. The van der Waals surface area contributed by atoms with E-state index in [2.05, 4.69) is 20.9 Å². The summed E-state index contributed by atoms with van der Waals surface area (Å²) in [6.45, 7) is 5.46. The standard InChI is InChI=1S/C22H27ClN4O/c23-19-4-6-20(7-5-19)25-13-15-27(16-14-25)22(28)8-3-18-9-10-24-21(17-18)26-11-1-2-12-26/h4-7,9-10,17H,1-3,8,11-16H2. The van der Waals surface area contributed by atoms with Crippen LogP contribution in [-0.4, -0.2) is 55.1 Å². The summed E-state index contributed by atoms with van der Waals surface area (Å²) in [5, 5.41) is 0.751. The van der Waals surface area contributed by atoms with E-state index in [9.17, 15) is 4.79 Å². The fraction of sp³-hybridized carbons (Fsp3) is 0.455. The largest absolute Gasteiger partial charge is 0.368 e. The summed E-state index contributed by atoms with van der Waals surface area (Å²) in [5.41, 5.74) is 2.37. The van der Waals surface area contributed by atoms with Crippen molar-refractivity contribution in [2.75, 3.05) is 49.1 Å². The number of halogens is 1. The highest BCUT2D eigenvalue weighted by Gasteiger charge is 2.21. The van der Waals surface area contributed by atoms with Gasteiger partial charge in [0.1, 0.15) is 5.82 Å². The average Bonchev–Trinajstić information content (AvgIpc) is 3.28. The smallest absolute Gasteiger partial charge is 0.223 e. The minimum atomic E-state index is 0.246. The number of anilines is 2. The second kappa shape index (κ2) is 8.82. The number of aromatic nitrogens is 1. The molecule has 5 nitrogen and oxygen atoms in total.